The van der Waals surface area contributed by atoms with Gasteiger partial charge in [0.1, 0.15) is 5.75 Å². The van der Waals surface area contributed by atoms with Crippen LogP contribution in [0.15, 0.2) is 42.5 Å². The fourth-order valence-electron chi connectivity index (χ4n) is 6.07. The maximum atomic E-state index is 5.71. The van der Waals surface area contributed by atoms with E-state index in [1.54, 1.807) is 11.1 Å². The smallest absolute Gasteiger partial charge is 0.119 e. The molecule has 1 heteroatoms. The summed E-state index contributed by atoms with van der Waals surface area (Å²) in [6.45, 7) is 7.91. The van der Waals surface area contributed by atoms with Crippen LogP contribution in [0.2, 0.25) is 0 Å². The lowest BCUT2D eigenvalue weighted by atomic mass is 9.56. The van der Waals surface area contributed by atoms with Crippen molar-refractivity contribution >= 4 is 0 Å². The maximum absolute atomic E-state index is 5.71. The van der Waals surface area contributed by atoms with Gasteiger partial charge in [-0.25, -0.2) is 0 Å². The average Bonchev–Trinajstić information content (AvgIpc) is 3.11. The van der Waals surface area contributed by atoms with Gasteiger partial charge in [-0.15, -0.1) is 0 Å². The Bertz CT molecular complexity index is 790. The molecule has 25 heavy (non-hydrogen) atoms. The van der Waals surface area contributed by atoms with E-state index in [1.807, 2.05) is 0 Å². The molecule has 1 nitrogen and oxygen atoms in total. The lowest BCUT2D eigenvalue weighted by molar-refractivity contribution is 0.181. The van der Waals surface area contributed by atoms with E-state index in [9.17, 15) is 0 Å². The highest BCUT2D eigenvalue weighted by Crippen LogP contribution is 2.71. The van der Waals surface area contributed by atoms with E-state index in [-0.39, 0.29) is 0 Å². The summed E-state index contributed by atoms with van der Waals surface area (Å²) >= 11 is 0. The third kappa shape index (κ3) is 2.14. The van der Waals surface area contributed by atoms with Crippen molar-refractivity contribution in [2.24, 2.45) is 23.7 Å². The summed E-state index contributed by atoms with van der Waals surface area (Å²) in [7, 11) is 0. The van der Waals surface area contributed by atoms with Gasteiger partial charge in [-0.2, -0.15) is 0 Å². The van der Waals surface area contributed by atoms with Crippen LogP contribution in [0.5, 0.6) is 5.75 Å². The van der Waals surface area contributed by atoms with Crippen molar-refractivity contribution in [1.29, 1.82) is 0 Å². The Hall–Kier alpha value is -1.76. The molecule has 6 unspecified atom stereocenters. The molecule has 0 saturated heterocycles. The van der Waals surface area contributed by atoms with E-state index in [0.717, 1.165) is 54.3 Å². The summed E-state index contributed by atoms with van der Waals surface area (Å²) in [5.74, 6) is 6.37. The molecule has 0 N–H and O–H groups in total. The van der Waals surface area contributed by atoms with Crippen LogP contribution in [-0.2, 0) is 0 Å². The van der Waals surface area contributed by atoms with Gasteiger partial charge < -0.3 is 4.74 Å². The Labute approximate surface area is 151 Å². The summed E-state index contributed by atoms with van der Waals surface area (Å²) in [5.41, 5.74) is 5.98. The first kappa shape index (κ1) is 15.5. The van der Waals surface area contributed by atoms with Crippen molar-refractivity contribution in [2.75, 3.05) is 6.61 Å². The molecule has 0 aromatic heterocycles. The van der Waals surface area contributed by atoms with Crippen LogP contribution in [0.3, 0.4) is 0 Å². The molecule has 2 aromatic rings. The van der Waals surface area contributed by atoms with E-state index in [0.29, 0.717) is 0 Å². The Morgan fingerprint density at radius 1 is 0.840 bits per heavy atom. The molecule has 130 valence electrons. The monoisotopic (exact) mass is 332 g/mol. The molecule has 5 rings (SSSR count). The first-order valence-electron chi connectivity index (χ1n) is 10.1. The SMILES string of the molecule is CCCOc1ccc(-c2ccc3c(c2)C2C4CC(C(C)C4C)C32)cc1. The first-order valence-corrected chi connectivity index (χ1v) is 10.1. The summed E-state index contributed by atoms with van der Waals surface area (Å²) in [6.07, 6.45) is 2.51. The first-order chi connectivity index (χ1) is 12.2. The van der Waals surface area contributed by atoms with Crippen molar-refractivity contribution in [2.45, 2.75) is 45.4 Å². The Balaban J connectivity index is 1.42. The Kier molecular flexibility index (Phi) is 3.48. The van der Waals surface area contributed by atoms with Gasteiger partial charge in [0.15, 0.2) is 0 Å². The van der Waals surface area contributed by atoms with Crippen molar-refractivity contribution in [3.8, 4) is 16.9 Å². The molecule has 0 heterocycles. The van der Waals surface area contributed by atoms with Crippen LogP contribution >= 0.6 is 0 Å². The van der Waals surface area contributed by atoms with E-state index < -0.39 is 0 Å². The number of rotatable bonds is 4. The summed E-state index contributed by atoms with van der Waals surface area (Å²) < 4.78 is 5.71. The third-order valence-corrected chi connectivity index (χ3v) is 7.50. The van der Waals surface area contributed by atoms with Gasteiger partial charge in [0, 0.05) is 0 Å². The fourth-order valence-corrected chi connectivity index (χ4v) is 6.07. The highest BCUT2D eigenvalue weighted by molar-refractivity contribution is 5.68. The molecule has 2 saturated carbocycles. The third-order valence-electron chi connectivity index (χ3n) is 7.50. The molecule has 2 bridgehead atoms. The quantitative estimate of drug-likeness (QED) is 0.643. The second-order valence-electron chi connectivity index (χ2n) is 8.55. The molecular formula is C24H28O. The van der Waals surface area contributed by atoms with Gasteiger partial charge in [-0.1, -0.05) is 51.1 Å². The van der Waals surface area contributed by atoms with Crippen molar-refractivity contribution in [3.63, 3.8) is 0 Å². The van der Waals surface area contributed by atoms with Gasteiger partial charge in [0.2, 0.25) is 0 Å². The van der Waals surface area contributed by atoms with E-state index in [4.69, 9.17) is 4.74 Å². The minimum Gasteiger partial charge on any atom is -0.494 e. The number of benzene rings is 2. The Morgan fingerprint density at radius 2 is 1.48 bits per heavy atom. The van der Waals surface area contributed by atoms with Gasteiger partial charge in [-0.05, 0) is 82.7 Å². The zero-order valence-electron chi connectivity index (χ0n) is 15.5. The molecule has 3 aliphatic rings. The summed E-state index contributed by atoms with van der Waals surface area (Å²) in [5, 5.41) is 0. The van der Waals surface area contributed by atoms with Crippen LogP contribution in [0, 0.1) is 23.7 Å². The summed E-state index contributed by atoms with van der Waals surface area (Å²) in [6, 6.07) is 15.9. The van der Waals surface area contributed by atoms with Crippen LogP contribution in [0.25, 0.3) is 11.1 Å². The summed E-state index contributed by atoms with van der Waals surface area (Å²) in [4.78, 5) is 0. The molecule has 2 fully saturated rings. The predicted octanol–water partition coefficient (Wildman–Crippen LogP) is 6.25. The molecule has 3 aliphatic carbocycles. The predicted molar refractivity (Wildman–Crippen MR) is 103 cm³/mol. The minimum atomic E-state index is 0.792. The second kappa shape index (κ2) is 5.62. The largest absolute Gasteiger partial charge is 0.494 e. The molecule has 0 aliphatic heterocycles. The lowest BCUT2D eigenvalue weighted by Gasteiger charge is -2.47. The van der Waals surface area contributed by atoms with E-state index >= 15 is 0 Å². The maximum Gasteiger partial charge on any atom is 0.119 e. The minimum absolute atomic E-state index is 0.792. The highest BCUT2D eigenvalue weighted by atomic mass is 16.5. The highest BCUT2D eigenvalue weighted by Gasteiger charge is 2.60. The van der Waals surface area contributed by atoms with E-state index in [1.165, 1.54) is 17.5 Å². The zero-order chi connectivity index (χ0) is 17.1. The average molecular weight is 332 g/mol. The van der Waals surface area contributed by atoms with Gasteiger partial charge >= 0.3 is 0 Å². The van der Waals surface area contributed by atoms with Crippen LogP contribution in [-0.4, -0.2) is 6.61 Å². The molecule has 2 aromatic carbocycles. The number of hydrogen-bond donors (Lipinski definition) is 0. The van der Waals surface area contributed by atoms with Gasteiger partial charge in [-0.3, -0.25) is 0 Å². The van der Waals surface area contributed by atoms with Crippen LogP contribution in [0.4, 0.5) is 0 Å². The molecular weight excluding hydrogens is 304 g/mol. The molecule has 0 radical (unpaired) electrons. The van der Waals surface area contributed by atoms with Gasteiger partial charge in [0.25, 0.3) is 0 Å². The fraction of sp³-hybridized carbons (Fsp3) is 0.500. The standard InChI is InChI=1S/C24H28O/c1-4-11-25-18-8-5-16(6-9-18)17-7-10-19-22(12-17)24-21-13-20(23(19)24)14(2)15(21)3/h5-10,12,14-15,20-21,23-24H,4,11,13H2,1-3H3. The van der Waals surface area contributed by atoms with Crippen LogP contribution < -0.4 is 4.74 Å². The number of hydrogen-bond acceptors (Lipinski definition) is 1. The number of ether oxygens (including phenoxy) is 1. The lowest BCUT2D eigenvalue weighted by Crippen LogP contribution is -2.36. The molecule has 0 amide bonds. The Morgan fingerprint density at radius 3 is 2.16 bits per heavy atom. The number of fused-ring (bicyclic) bond motifs is 8. The topological polar surface area (TPSA) is 9.23 Å². The second-order valence-corrected chi connectivity index (χ2v) is 8.55. The van der Waals surface area contributed by atoms with Gasteiger partial charge in [0.05, 0.1) is 6.61 Å². The molecule has 6 atom stereocenters. The normalized spacial score (nSPS) is 34.4. The van der Waals surface area contributed by atoms with Crippen molar-refractivity contribution in [3.05, 3.63) is 53.6 Å². The van der Waals surface area contributed by atoms with Crippen LogP contribution in [0.1, 0.15) is 56.6 Å². The zero-order valence-corrected chi connectivity index (χ0v) is 15.5. The van der Waals surface area contributed by atoms with E-state index in [2.05, 4.69) is 63.2 Å². The molecule has 0 spiro atoms. The van der Waals surface area contributed by atoms with Crippen molar-refractivity contribution in [1.82, 2.24) is 0 Å². The van der Waals surface area contributed by atoms with Crippen molar-refractivity contribution < 1.29 is 4.74 Å².